The van der Waals surface area contributed by atoms with E-state index >= 15 is 0 Å². The fraction of sp³-hybridized carbons (Fsp3) is 0.667. The summed E-state index contributed by atoms with van der Waals surface area (Å²) in [6.45, 7) is 8.07. The SMILES string of the molecule is CCCCCN(CC(=O)c1ccn(C)c1)C(C)C. The van der Waals surface area contributed by atoms with Crippen LogP contribution in [0.4, 0.5) is 0 Å². The summed E-state index contributed by atoms with van der Waals surface area (Å²) in [7, 11) is 1.94. The number of hydrogen-bond acceptors (Lipinski definition) is 2. The number of aryl methyl sites for hydroxylation is 1. The first-order valence-electron chi connectivity index (χ1n) is 6.93. The van der Waals surface area contributed by atoms with E-state index in [4.69, 9.17) is 0 Å². The van der Waals surface area contributed by atoms with Gasteiger partial charge < -0.3 is 4.57 Å². The summed E-state index contributed by atoms with van der Waals surface area (Å²) >= 11 is 0. The molecule has 1 aromatic rings. The molecule has 0 saturated carbocycles. The lowest BCUT2D eigenvalue weighted by molar-refractivity contribution is 0.0904. The van der Waals surface area contributed by atoms with Gasteiger partial charge in [0.15, 0.2) is 5.78 Å². The number of Topliss-reactive ketones (excluding diaryl/α,β-unsaturated/α-hetero) is 1. The molecule has 0 bridgehead atoms. The van der Waals surface area contributed by atoms with Crippen molar-refractivity contribution in [3.63, 3.8) is 0 Å². The minimum atomic E-state index is 0.223. The van der Waals surface area contributed by atoms with Crippen LogP contribution in [0.3, 0.4) is 0 Å². The molecule has 1 rings (SSSR count). The van der Waals surface area contributed by atoms with Crippen molar-refractivity contribution >= 4 is 5.78 Å². The van der Waals surface area contributed by atoms with Crippen LogP contribution in [0.5, 0.6) is 0 Å². The van der Waals surface area contributed by atoms with E-state index in [1.54, 1.807) is 0 Å². The van der Waals surface area contributed by atoms with E-state index < -0.39 is 0 Å². The van der Waals surface area contributed by atoms with Gasteiger partial charge in [-0.05, 0) is 32.9 Å². The average molecular weight is 250 g/mol. The lowest BCUT2D eigenvalue weighted by Gasteiger charge is -2.25. The lowest BCUT2D eigenvalue weighted by atomic mass is 10.1. The van der Waals surface area contributed by atoms with E-state index in [0.717, 1.165) is 12.1 Å². The minimum absolute atomic E-state index is 0.223. The Morgan fingerprint density at radius 3 is 2.61 bits per heavy atom. The molecule has 0 unspecified atom stereocenters. The molecule has 0 fully saturated rings. The summed E-state index contributed by atoms with van der Waals surface area (Å²) in [5.74, 6) is 0.223. The van der Waals surface area contributed by atoms with Crippen LogP contribution in [0, 0.1) is 0 Å². The van der Waals surface area contributed by atoms with Crippen LogP contribution in [0.1, 0.15) is 50.4 Å². The molecule has 18 heavy (non-hydrogen) atoms. The van der Waals surface area contributed by atoms with Gasteiger partial charge >= 0.3 is 0 Å². The molecule has 0 atom stereocenters. The van der Waals surface area contributed by atoms with Crippen molar-refractivity contribution < 1.29 is 4.79 Å². The number of aromatic nitrogens is 1. The van der Waals surface area contributed by atoms with Gasteiger partial charge in [-0.25, -0.2) is 0 Å². The number of carbonyl (C=O) groups is 1. The Labute approximate surface area is 111 Å². The molecular formula is C15H26N2O. The fourth-order valence-corrected chi connectivity index (χ4v) is 2.03. The zero-order valence-corrected chi connectivity index (χ0v) is 12.1. The summed E-state index contributed by atoms with van der Waals surface area (Å²) in [6.07, 6.45) is 7.45. The number of ketones is 1. The van der Waals surface area contributed by atoms with Crippen LogP contribution < -0.4 is 0 Å². The van der Waals surface area contributed by atoms with Crippen LogP contribution in [0.15, 0.2) is 18.5 Å². The maximum Gasteiger partial charge on any atom is 0.178 e. The second kappa shape index (κ2) is 7.37. The Morgan fingerprint density at radius 2 is 2.11 bits per heavy atom. The van der Waals surface area contributed by atoms with Crippen molar-refractivity contribution in [2.75, 3.05) is 13.1 Å². The first-order chi connectivity index (χ1) is 8.54. The summed E-state index contributed by atoms with van der Waals surface area (Å²) in [6, 6.07) is 2.32. The number of nitrogens with zero attached hydrogens (tertiary/aromatic N) is 2. The quantitative estimate of drug-likeness (QED) is 0.523. The number of rotatable bonds is 8. The molecule has 0 saturated heterocycles. The van der Waals surface area contributed by atoms with Crippen molar-refractivity contribution in [3.05, 3.63) is 24.0 Å². The smallest absolute Gasteiger partial charge is 0.178 e. The Morgan fingerprint density at radius 1 is 1.39 bits per heavy atom. The van der Waals surface area contributed by atoms with Gasteiger partial charge in [-0.2, -0.15) is 0 Å². The maximum atomic E-state index is 12.2. The van der Waals surface area contributed by atoms with Crippen molar-refractivity contribution in [1.29, 1.82) is 0 Å². The average Bonchev–Trinajstić information content (AvgIpc) is 2.74. The zero-order valence-electron chi connectivity index (χ0n) is 12.1. The topological polar surface area (TPSA) is 25.2 Å². The van der Waals surface area contributed by atoms with Crippen LogP contribution in [0.2, 0.25) is 0 Å². The third-order valence-electron chi connectivity index (χ3n) is 3.28. The molecule has 1 heterocycles. The van der Waals surface area contributed by atoms with E-state index in [2.05, 4.69) is 25.7 Å². The van der Waals surface area contributed by atoms with Gasteiger partial charge in [-0.15, -0.1) is 0 Å². The summed E-state index contributed by atoms with van der Waals surface area (Å²) in [5.41, 5.74) is 0.818. The van der Waals surface area contributed by atoms with Crippen LogP contribution in [0.25, 0.3) is 0 Å². The first kappa shape index (κ1) is 15.0. The molecule has 1 aromatic heterocycles. The molecule has 3 nitrogen and oxygen atoms in total. The van der Waals surface area contributed by atoms with Crippen molar-refractivity contribution in [3.8, 4) is 0 Å². The Balaban J connectivity index is 2.52. The maximum absolute atomic E-state index is 12.2. The number of hydrogen-bond donors (Lipinski definition) is 0. The number of unbranched alkanes of at least 4 members (excludes halogenated alkanes) is 2. The monoisotopic (exact) mass is 250 g/mol. The molecule has 0 radical (unpaired) electrons. The Hall–Kier alpha value is -1.09. The Kier molecular flexibility index (Phi) is 6.13. The fourth-order valence-electron chi connectivity index (χ4n) is 2.03. The van der Waals surface area contributed by atoms with Crippen molar-refractivity contribution in [1.82, 2.24) is 9.47 Å². The van der Waals surface area contributed by atoms with E-state index in [1.807, 2.05) is 30.1 Å². The largest absolute Gasteiger partial charge is 0.357 e. The molecular weight excluding hydrogens is 224 g/mol. The van der Waals surface area contributed by atoms with Gasteiger partial charge in [0.1, 0.15) is 0 Å². The first-order valence-corrected chi connectivity index (χ1v) is 6.93. The second-order valence-corrected chi connectivity index (χ2v) is 5.26. The zero-order chi connectivity index (χ0) is 13.5. The third kappa shape index (κ3) is 4.65. The molecule has 0 aliphatic heterocycles. The summed E-state index contributed by atoms with van der Waals surface area (Å²) < 4.78 is 1.92. The van der Waals surface area contributed by atoms with E-state index in [0.29, 0.717) is 12.6 Å². The molecule has 0 aliphatic rings. The van der Waals surface area contributed by atoms with Gasteiger partial charge in [-0.3, -0.25) is 9.69 Å². The molecule has 0 N–H and O–H groups in total. The molecule has 0 aromatic carbocycles. The minimum Gasteiger partial charge on any atom is -0.357 e. The molecule has 3 heteroatoms. The standard InChI is InChI=1S/C15H26N2O/c1-5-6-7-9-17(13(2)3)12-15(18)14-8-10-16(4)11-14/h8,10-11,13H,5-7,9,12H2,1-4H3. The highest BCUT2D eigenvalue weighted by molar-refractivity contribution is 5.97. The molecule has 0 aliphatic carbocycles. The van der Waals surface area contributed by atoms with Crippen LogP contribution in [-0.4, -0.2) is 34.4 Å². The van der Waals surface area contributed by atoms with E-state index in [9.17, 15) is 4.79 Å². The highest BCUT2D eigenvalue weighted by Gasteiger charge is 2.15. The number of carbonyl (C=O) groups excluding carboxylic acids is 1. The highest BCUT2D eigenvalue weighted by Crippen LogP contribution is 2.07. The normalized spacial score (nSPS) is 11.4. The summed E-state index contributed by atoms with van der Waals surface area (Å²) in [5, 5.41) is 0. The third-order valence-corrected chi connectivity index (χ3v) is 3.28. The van der Waals surface area contributed by atoms with Gasteiger partial charge in [-0.1, -0.05) is 19.8 Å². The van der Waals surface area contributed by atoms with E-state index in [1.165, 1.54) is 19.3 Å². The van der Waals surface area contributed by atoms with Crippen LogP contribution >= 0.6 is 0 Å². The Bertz CT molecular complexity index is 368. The van der Waals surface area contributed by atoms with Gasteiger partial charge in [0.2, 0.25) is 0 Å². The van der Waals surface area contributed by atoms with Gasteiger partial charge in [0.25, 0.3) is 0 Å². The van der Waals surface area contributed by atoms with Gasteiger partial charge in [0.05, 0.1) is 6.54 Å². The predicted molar refractivity (Wildman–Crippen MR) is 76.0 cm³/mol. The second-order valence-electron chi connectivity index (χ2n) is 5.26. The van der Waals surface area contributed by atoms with E-state index in [-0.39, 0.29) is 5.78 Å². The predicted octanol–water partition coefficient (Wildman–Crippen LogP) is 3.11. The van der Waals surface area contributed by atoms with Crippen molar-refractivity contribution in [2.24, 2.45) is 7.05 Å². The van der Waals surface area contributed by atoms with Crippen molar-refractivity contribution in [2.45, 2.75) is 46.1 Å². The summed E-state index contributed by atoms with van der Waals surface area (Å²) in [4.78, 5) is 14.4. The molecule has 102 valence electrons. The van der Waals surface area contributed by atoms with Crippen LogP contribution in [-0.2, 0) is 7.05 Å². The molecule has 0 amide bonds. The lowest BCUT2D eigenvalue weighted by Crippen LogP contribution is -2.36. The molecule has 0 spiro atoms. The highest BCUT2D eigenvalue weighted by atomic mass is 16.1. The van der Waals surface area contributed by atoms with Gasteiger partial charge in [0, 0.05) is 31.0 Å².